The summed E-state index contributed by atoms with van der Waals surface area (Å²) >= 11 is 0. The van der Waals surface area contributed by atoms with E-state index in [0.29, 0.717) is 34.0 Å². The van der Waals surface area contributed by atoms with Crippen LogP contribution in [-0.2, 0) is 0 Å². The van der Waals surface area contributed by atoms with Crippen molar-refractivity contribution in [1.82, 2.24) is 4.90 Å². The van der Waals surface area contributed by atoms with E-state index < -0.39 is 0 Å². The van der Waals surface area contributed by atoms with E-state index in [9.17, 15) is 4.79 Å². The van der Waals surface area contributed by atoms with E-state index in [0.717, 1.165) is 5.39 Å². The number of hydrogen-bond donors (Lipinski definition) is 0. The zero-order valence-corrected chi connectivity index (χ0v) is 15.3. The summed E-state index contributed by atoms with van der Waals surface area (Å²) in [5.41, 5.74) is 1.72. The van der Waals surface area contributed by atoms with Gasteiger partial charge in [-0.15, -0.1) is 0 Å². The zero-order chi connectivity index (χ0) is 18.7. The third kappa shape index (κ3) is 3.42. The van der Waals surface area contributed by atoms with Gasteiger partial charge in [0.05, 0.1) is 19.8 Å². The number of ether oxygens (including phenoxy) is 2. The Bertz CT molecular complexity index is 952. The van der Waals surface area contributed by atoms with Crippen LogP contribution in [0.2, 0.25) is 0 Å². The molecule has 0 N–H and O–H groups in total. The first-order chi connectivity index (χ1) is 12.5. The molecular formula is C21H21NO4. The van der Waals surface area contributed by atoms with Crippen molar-refractivity contribution in [2.45, 2.75) is 0 Å². The Morgan fingerprint density at radius 1 is 1.00 bits per heavy atom. The van der Waals surface area contributed by atoms with Gasteiger partial charge in [-0.1, -0.05) is 0 Å². The van der Waals surface area contributed by atoms with Crippen LogP contribution in [-0.4, -0.2) is 39.0 Å². The number of furan rings is 1. The number of methoxy groups -OCH3 is 2. The number of nitrogens with zero attached hydrogens (tertiary/aromatic N) is 1. The molecule has 3 rings (SSSR count). The summed E-state index contributed by atoms with van der Waals surface area (Å²) < 4.78 is 16.4. The van der Waals surface area contributed by atoms with Crippen LogP contribution >= 0.6 is 0 Å². The highest BCUT2D eigenvalue weighted by Crippen LogP contribution is 2.32. The molecule has 5 heteroatoms. The van der Waals surface area contributed by atoms with Crippen molar-refractivity contribution >= 4 is 22.8 Å². The molecule has 0 bridgehead atoms. The average Bonchev–Trinajstić information content (AvgIpc) is 3.03. The number of ketones is 1. The molecular weight excluding hydrogens is 330 g/mol. The van der Waals surface area contributed by atoms with Gasteiger partial charge in [-0.05, 0) is 48.5 Å². The quantitative estimate of drug-likeness (QED) is 0.623. The van der Waals surface area contributed by atoms with Gasteiger partial charge in [0.2, 0.25) is 0 Å². The predicted octanol–water partition coefficient (Wildman–Crippen LogP) is 4.21. The third-order valence-electron chi connectivity index (χ3n) is 4.03. The van der Waals surface area contributed by atoms with Gasteiger partial charge in [-0.3, -0.25) is 4.79 Å². The van der Waals surface area contributed by atoms with Crippen molar-refractivity contribution in [2.75, 3.05) is 28.3 Å². The van der Waals surface area contributed by atoms with Gasteiger partial charge in [-0.25, -0.2) is 0 Å². The van der Waals surface area contributed by atoms with Crippen molar-refractivity contribution < 1.29 is 18.7 Å². The fourth-order valence-electron chi connectivity index (χ4n) is 2.68. The maximum absolute atomic E-state index is 13.2. The molecule has 0 aliphatic rings. The molecule has 26 heavy (non-hydrogen) atoms. The number of rotatable bonds is 6. The van der Waals surface area contributed by atoms with E-state index in [1.54, 1.807) is 44.6 Å². The van der Waals surface area contributed by atoms with E-state index in [2.05, 4.69) is 0 Å². The molecule has 0 amide bonds. The maximum Gasteiger partial charge on any atom is 0.197 e. The Kier molecular flexibility index (Phi) is 4.98. The number of fused-ring (bicyclic) bond motifs is 1. The van der Waals surface area contributed by atoms with Crippen LogP contribution in [0.4, 0.5) is 0 Å². The molecule has 0 spiro atoms. The van der Waals surface area contributed by atoms with Crippen LogP contribution < -0.4 is 9.47 Å². The van der Waals surface area contributed by atoms with E-state index in [1.807, 2.05) is 43.4 Å². The Morgan fingerprint density at radius 2 is 1.65 bits per heavy atom. The van der Waals surface area contributed by atoms with Gasteiger partial charge < -0.3 is 18.8 Å². The highest BCUT2D eigenvalue weighted by atomic mass is 16.5. The van der Waals surface area contributed by atoms with E-state index >= 15 is 0 Å². The molecule has 0 fully saturated rings. The molecule has 0 aliphatic heterocycles. The van der Waals surface area contributed by atoms with Crippen molar-refractivity contribution in [3.05, 3.63) is 65.6 Å². The van der Waals surface area contributed by atoms with Gasteiger partial charge in [0.1, 0.15) is 22.8 Å². The monoisotopic (exact) mass is 351 g/mol. The Labute approximate surface area is 152 Å². The number of benzene rings is 2. The molecule has 134 valence electrons. The van der Waals surface area contributed by atoms with Gasteiger partial charge in [-0.2, -0.15) is 0 Å². The molecule has 2 aromatic carbocycles. The summed E-state index contributed by atoms with van der Waals surface area (Å²) in [5.74, 6) is 1.78. The topological polar surface area (TPSA) is 51.9 Å². The van der Waals surface area contributed by atoms with Crippen LogP contribution in [0.15, 0.2) is 53.1 Å². The minimum atomic E-state index is -0.113. The average molecular weight is 351 g/mol. The molecule has 1 heterocycles. The van der Waals surface area contributed by atoms with Crippen molar-refractivity contribution in [3.8, 4) is 11.5 Å². The summed E-state index contributed by atoms with van der Waals surface area (Å²) in [4.78, 5) is 15.1. The Balaban J connectivity index is 2.16. The highest BCUT2D eigenvalue weighted by molar-refractivity contribution is 6.18. The number of carbonyl (C=O) groups excluding carboxylic acids is 1. The second kappa shape index (κ2) is 7.35. The predicted molar refractivity (Wildman–Crippen MR) is 102 cm³/mol. The fraction of sp³-hybridized carbons (Fsp3) is 0.190. The molecule has 0 aliphatic carbocycles. The molecule has 3 aromatic rings. The summed E-state index contributed by atoms with van der Waals surface area (Å²) in [6, 6.07) is 12.5. The lowest BCUT2D eigenvalue weighted by molar-refractivity contribution is 0.103. The van der Waals surface area contributed by atoms with E-state index in [4.69, 9.17) is 13.9 Å². The second-order valence-electron chi connectivity index (χ2n) is 6.04. The molecule has 0 unspecified atom stereocenters. The van der Waals surface area contributed by atoms with Gasteiger partial charge in [0.25, 0.3) is 0 Å². The van der Waals surface area contributed by atoms with Gasteiger partial charge >= 0.3 is 0 Å². The molecule has 0 atom stereocenters. The molecule has 0 saturated carbocycles. The van der Waals surface area contributed by atoms with E-state index in [1.165, 1.54) is 0 Å². The lowest BCUT2D eigenvalue weighted by Crippen LogP contribution is -2.03. The number of hydrogen-bond acceptors (Lipinski definition) is 5. The second-order valence-corrected chi connectivity index (χ2v) is 6.04. The summed E-state index contributed by atoms with van der Waals surface area (Å²) in [7, 11) is 7.01. The van der Waals surface area contributed by atoms with E-state index in [-0.39, 0.29) is 5.78 Å². The largest absolute Gasteiger partial charge is 0.497 e. The maximum atomic E-state index is 13.2. The van der Waals surface area contributed by atoms with Crippen LogP contribution in [0, 0.1) is 0 Å². The zero-order valence-electron chi connectivity index (χ0n) is 15.3. The van der Waals surface area contributed by atoms with Crippen LogP contribution in [0.1, 0.15) is 21.7 Å². The summed E-state index contributed by atoms with van der Waals surface area (Å²) in [6.07, 6.45) is 3.64. The summed E-state index contributed by atoms with van der Waals surface area (Å²) in [6.45, 7) is 0. The van der Waals surface area contributed by atoms with Gasteiger partial charge in [0.15, 0.2) is 5.78 Å². The lowest BCUT2D eigenvalue weighted by Gasteiger charge is -2.05. The molecule has 1 aromatic heterocycles. The van der Waals surface area contributed by atoms with Crippen LogP contribution in [0.25, 0.3) is 17.0 Å². The number of carbonyl (C=O) groups is 1. The Hall–Kier alpha value is -3.21. The summed E-state index contributed by atoms with van der Waals surface area (Å²) in [5, 5.41) is 0.726. The Morgan fingerprint density at radius 3 is 2.27 bits per heavy atom. The first-order valence-corrected chi connectivity index (χ1v) is 8.17. The highest BCUT2D eigenvalue weighted by Gasteiger charge is 2.21. The first kappa shape index (κ1) is 17.6. The fourth-order valence-corrected chi connectivity index (χ4v) is 2.68. The minimum absolute atomic E-state index is 0.113. The molecule has 0 radical (unpaired) electrons. The normalized spacial score (nSPS) is 11.1. The molecule has 5 nitrogen and oxygen atoms in total. The van der Waals surface area contributed by atoms with Crippen molar-refractivity contribution in [1.29, 1.82) is 0 Å². The third-order valence-corrected chi connectivity index (χ3v) is 4.03. The van der Waals surface area contributed by atoms with Crippen LogP contribution in [0.5, 0.6) is 11.5 Å². The lowest BCUT2D eigenvalue weighted by atomic mass is 10.00. The van der Waals surface area contributed by atoms with Gasteiger partial charge in [0, 0.05) is 31.2 Å². The first-order valence-electron chi connectivity index (χ1n) is 8.17. The standard InChI is InChI=1S/C21H21NO4/c1-22(2)12-11-19-20(17-13-16(25-4)9-10-18(17)26-19)21(23)14-5-7-15(24-3)8-6-14/h5-13H,1-4H3. The minimum Gasteiger partial charge on any atom is -0.497 e. The van der Waals surface area contributed by atoms with Crippen molar-refractivity contribution in [2.24, 2.45) is 0 Å². The van der Waals surface area contributed by atoms with Crippen molar-refractivity contribution in [3.63, 3.8) is 0 Å². The smallest absolute Gasteiger partial charge is 0.197 e. The molecule has 0 saturated heterocycles. The SMILES string of the molecule is COc1ccc(C(=O)c2c(C=CN(C)C)oc3ccc(OC)cc23)cc1. The van der Waals surface area contributed by atoms with Crippen LogP contribution in [0.3, 0.4) is 0 Å².